The molecule has 2 heterocycles. The summed E-state index contributed by atoms with van der Waals surface area (Å²) in [5.74, 6) is 0.271. The van der Waals surface area contributed by atoms with Crippen LogP contribution < -0.4 is 15.5 Å². The first-order valence-corrected chi connectivity index (χ1v) is 10.4. The third-order valence-corrected chi connectivity index (χ3v) is 6.47. The first-order chi connectivity index (χ1) is 13.9. The lowest BCUT2D eigenvalue weighted by Crippen LogP contribution is -2.51. The van der Waals surface area contributed by atoms with E-state index >= 15 is 0 Å². The molecular weight excluding hydrogens is 392 g/mol. The molecule has 152 valence electrons. The SMILES string of the molecule is COc1ccc(-c2nc(C(=O)NN3C(=O)NC4(CCC(C)CC4)C3=O)cs2)cc1. The highest BCUT2D eigenvalue weighted by atomic mass is 32.1. The van der Waals surface area contributed by atoms with Gasteiger partial charge in [0, 0.05) is 10.9 Å². The van der Waals surface area contributed by atoms with Crippen LogP contribution >= 0.6 is 11.3 Å². The number of rotatable bonds is 4. The minimum Gasteiger partial charge on any atom is -0.497 e. The van der Waals surface area contributed by atoms with E-state index < -0.39 is 23.4 Å². The van der Waals surface area contributed by atoms with Crippen molar-refractivity contribution in [3.8, 4) is 16.3 Å². The predicted molar refractivity (Wildman–Crippen MR) is 107 cm³/mol. The van der Waals surface area contributed by atoms with E-state index in [1.54, 1.807) is 12.5 Å². The summed E-state index contributed by atoms with van der Waals surface area (Å²) in [7, 11) is 1.59. The number of ether oxygens (including phenoxy) is 1. The Labute approximate surface area is 172 Å². The highest BCUT2D eigenvalue weighted by molar-refractivity contribution is 7.13. The van der Waals surface area contributed by atoms with Gasteiger partial charge in [-0.1, -0.05) is 6.92 Å². The van der Waals surface area contributed by atoms with Crippen molar-refractivity contribution >= 4 is 29.2 Å². The molecule has 2 aromatic rings. The summed E-state index contributed by atoms with van der Waals surface area (Å²) >= 11 is 1.31. The molecule has 1 saturated carbocycles. The number of hydrazine groups is 1. The second-order valence-electron chi connectivity index (χ2n) is 7.54. The van der Waals surface area contributed by atoms with Crippen molar-refractivity contribution in [3.05, 3.63) is 35.3 Å². The Balaban J connectivity index is 1.46. The third kappa shape index (κ3) is 3.57. The molecule has 0 radical (unpaired) electrons. The molecule has 4 rings (SSSR count). The predicted octanol–water partition coefficient (Wildman–Crippen LogP) is 2.96. The molecule has 1 aliphatic carbocycles. The molecular formula is C20H22N4O4S. The molecule has 2 aliphatic rings. The van der Waals surface area contributed by atoms with E-state index in [-0.39, 0.29) is 5.69 Å². The van der Waals surface area contributed by atoms with Crippen LogP contribution in [0.5, 0.6) is 5.75 Å². The Morgan fingerprint density at radius 2 is 1.97 bits per heavy atom. The van der Waals surface area contributed by atoms with E-state index in [0.717, 1.165) is 29.2 Å². The molecule has 0 unspecified atom stereocenters. The Bertz CT molecular complexity index is 948. The lowest BCUT2D eigenvalue weighted by atomic mass is 9.77. The van der Waals surface area contributed by atoms with Crippen LogP contribution in [0.25, 0.3) is 10.6 Å². The van der Waals surface area contributed by atoms with Gasteiger partial charge in [-0.05, 0) is 55.9 Å². The number of nitrogens with one attached hydrogen (secondary N) is 2. The van der Waals surface area contributed by atoms with Crippen LogP contribution in [0, 0.1) is 5.92 Å². The van der Waals surface area contributed by atoms with E-state index in [4.69, 9.17) is 4.74 Å². The third-order valence-electron chi connectivity index (χ3n) is 5.58. The maximum atomic E-state index is 12.9. The van der Waals surface area contributed by atoms with Crippen LogP contribution in [-0.2, 0) is 4.79 Å². The molecule has 1 aromatic heterocycles. The first-order valence-electron chi connectivity index (χ1n) is 9.49. The number of thiazole rings is 1. The topological polar surface area (TPSA) is 101 Å². The van der Waals surface area contributed by atoms with E-state index in [1.807, 2.05) is 24.3 Å². The van der Waals surface area contributed by atoms with Crippen molar-refractivity contribution in [1.29, 1.82) is 0 Å². The number of methoxy groups -OCH3 is 1. The average Bonchev–Trinajstić information content (AvgIpc) is 3.30. The Kier molecular flexibility index (Phi) is 4.99. The van der Waals surface area contributed by atoms with Crippen LogP contribution in [-0.4, -0.2) is 40.5 Å². The minimum absolute atomic E-state index is 0.152. The fraction of sp³-hybridized carbons (Fsp3) is 0.400. The Morgan fingerprint density at radius 3 is 2.62 bits per heavy atom. The molecule has 1 saturated heterocycles. The summed E-state index contributed by atoms with van der Waals surface area (Å²) in [5.41, 5.74) is 2.52. The zero-order valence-corrected chi connectivity index (χ0v) is 17.0. The lowest BCUT2D eigenvalue weighted by Gasteiger charge is -2.33. The van der Waals surface area contributed by atoms with Crippen molar-refractivity contribution in [1.82, 2.24) is 20.7 Å². The molecule has 2 fully saturated rings. The van der Waals surface area contributed by atoms with Crippen LogP contribution in [0.15, 0.2) is 29.6 Å². The summed E-state index contributed by atoms with van der Waals surface area (Å²) in [6.07, 6.45) is 2.91. The van der Waals surface area contributed by atoms with Gasteiger partial charge < -0.3 is 10.1 Å². The van der Waals surface area contributed by atoms with Gasteiger partial charge in [0.15, 0.2) is 0 Å². The number of nitrogens with zero attached hydrogens (tertiary/aromatic N) is 2. The fourth-order valence-electron chi connectivity index (χ4n) is 3.72. The molecule has 9 heteroatoms. The van der Waals surface area contributed by atoms with Crippen LogP contribution in [0.1, 0.15) is 43.1 Å². The van der Waals surface area contributed by atoms with E-state index in [9.17, 15) is 14.4 Å². The number of hydrogen-bond acceptors (Lipinski definition) is 6. The smallest absolute Gasteiger partial charge is 0.344 e. The Hall–Kier alpha value is -2.94. The Morgan fingerprint density at radius 1 is 1.28 bits per heavy atom. The molecule has 2 N–H and O–H groups in total. The maximum absolute atomic E-state index is 12.9. The lowest BCUT2D eigenvalue weighted by molar-refractivity contribution is -0.134. The van der Waals surface area contributed by atoms with Gasteiger partial charge in [-0.15, -0.1) is 11.3 Å². The number of hydrogen-bond donors (Lipinski definition) is 2. The zero-order chi connectivity index (χ0) is 20.6. The standard InChI is InChI=1S/C20H22N4O4S/c1-12-7-9-20(10-8-12)18(26)24(19(27)22-20)23-16(25)15-11-29-17(21-15)13-3-5-14(28-2)6-4-13/h3-6,11-12H,7-10H2,1-2H3,(H,22,27)(H,23,25). The second kappa shape index (κ2) is 7.47. The molecule has 8 nitrogen and oxygen atoms in total. The van der Waals surface area contributed by atoms with Gasteiger partial charge >= 0.3 is 6.03 Å². The van der Waals surface area contributed by atoms with Gasteiger partial charge in [-0.3, -0.25) is 15.0 Å². The number of carbonyl (C=O) groups is 3. The van der Waals surface area contributed by atoms with Crippen molar-refractivity contribution < 1.29 is 19.1 Å². The summed E-state index contributed by atoms with van der Waals surface area (Å²) in [4.78, 5) is 42.1. The van der Waals surface area contributed by atoms with Crippen LogP contribution in [0.3, 0.4) is 0 Å². The van der Waals surface area contributed by atoms with E-state index in [1.165, 1.54) is 11.3 Å². The molecule has 1 spiro atoms. The van der Waals surface area contributed by atoms with Crippen molar-refractivity contribution in [2.45, 2.75) is 38.1 Å². The molecule has 4 amide bonds. The number of benzene rings is 1. The summed E-state index contributed by atoms with van der Waals surface area (Å²) in [5, 5.41) is 5.84. The number of imide groups is 1. The van der Waals surface area contributed by atoms with Gasteiger partial charge in [0.05, 0.1) is 7.11 Å². The van der Waals surface area contributed by atoms with Gasteiger partial charge in [-0.2, -0.15) is 5.01 Å². The van der Waals surface area contributed by atoms with E-state index in [0.29, 0.717) is 23.8 Å². The van der Waals surface area contributed by atoms with Gasteiger partial charge in [0.25, 0.3) is 11.8 Å². The molecule has 1 aliphatic heterocycles. The largest absolute Gasteiger partial charge is 0.497 e. The normalized spacial score (nSPS) is 23.9. The van der Waals surface area contributed by atoms with E-state index in [2.05, 4.69) is 22.7 Å². The minimum atomic E-state index is -0.896. The number of urea groups is 1. The molecule has 0 bridgehead atoms. The number of aromatic nitrogens is 1. The zero-order valence-electron chi connectivity index (χ0n) is 16.2. The molecule has 0 atom stereocenters. The highest BCUT2D eigenvalue weighted by Gasteiger charge is 2.53. The fourth-order valence-corrected chi connectivity index (χ4v) is 4.52. The van der Waals surface area contributed by atoms with Crippen molar-refractivity contribution in [2.24, 2.45) is 5.92 Å². The van der Waals surface area contributed by atoms with Gasteiger partial charge in [-0.25, -0.2) is 9.78 Å². The highest BCUT2D eigenvalue weighted by Crippen LogP contribution is 2.36. The number of amides is 4. The van der Waals surface area contributed by atoms with Crippen molar-refractivity contribution in [2.75, 3.05) is 7.11 Å². The maximum Gasteiger partial charge on any atom is 0.344 e. The van der Waals surface area contributed by atoms with Gasteiger partial charge in [0.1, 0.15) is 22.0 Å². The molecule has 29 heavy (non-hydrogen) atoms. The quantitative estimate of drug-likeness (QED) is 0.749. The first kappa shape index (κ1) is 19.4. The summed E-state index contributed by atoms with van der Waals surface area (Å²) in [6, 6.07) is 6.74. The summed E-state index contributed by atoms with van der Waals surface area (Å²) < 4.78 is 5.14. The second-order valence-corrected chi connectivity index (χ2v) is 8.40. The van der Waals surface area contributed by atoms with Gasteiger partial charge in [0.2, 0.25) is 0 Å². The monoisotopic (exact) mass is 414 g/mol. The summed E-state index contributed by atoms with van der Waals surface area (Å²) in [6.45, 7) is 2.14. The van der Waals surface area contributed by atoms with Crippen LogP contribution in [0.4, 0.5) is 4.79 Å². The van der Waals surface area contributed by atoms with Crippen molar-refractivity contribution in [3.63, 3.8) is 0 Å². The molecule has 1 aromatic carbocycles. The number of carbonyl (C=O) groups excluding carboxylic acids is 3. The average molecular weight is 414 g/mol. The van der Waals surface area contributed by atoms with Crippen LogP contribution in [0.2, 0.25) is 0 Å².